The van der Waals surface area contributed by atoms with E-state index in [1.165, 1.54) is 12.5 Å². The smallest absolute Gasteiger partial charge is 0.226 e. The maximum Gasteiger partial charge on any atom is 0.226 e. The lowest BCUT2D eigenvalue weighted by atomic mass is 9.87. The average Bonchev–Trinajstić information content (AvgIpc) is 2.58. The van der Waals surface area contributed by atoms with Gasteiger partial charge in [-0.25, -0.2) is 0 Å². The highest BCUT2D eigenvalue weighted by Gasteiger charge is 2.17. The largest absolute Gasteiger partial charge is 0.326 e. The van der Waals surface area contributed by atoms with E-state index in [2.05, 4.69) is 26.1 Å². The van der Waals surface area contributed by atoms with Gasteiger partial charge < -0.3 is 10.2 Å². The molecule has 2 rings (SSSR count). The number of benzene rings is 2. The topological polar surface area (TPSA) is 49.4 Å². The third-order valence-corrected chi connectivity index (χ3v) is 4.85. The van der Waals surface area contributed by atoms with Crippen LogP contribution in [0.2, 0.25) is 5.02 Å². The number of carbonyl (C=O) groups is 2. The molecule has 0 bridgehead atoms. The van der Waals surface area contributed by atoms with Crippen molar-refractivity contribution in [1.29, 1.82) is 0 Å². The lowest BCUT2D eigenvalue weighted by Gasteiger charge is -2.23. The highest BCUT2D eigenvalue weighted by molar-refractivity contribution is 6.31. The second-order valence-corrected chi connectivity index (χ2v) is 8.14. The lowest BCUT2D eigenvalue weighted by Crippen LogP contribution is -2.32. The van der Waals surface area contributed by atoms with Crippen LogP contribution < -0.4 is 10.2 Å². The molecule has 0 spiro atoms. The lowest BCUT2D eigenvalue weighted by molar-refractivity contribution is -0.117. The summed E-state index contributed by atoms with van der Waals surface area (Å²) >= 11 is 6.09. The number of carbonyl (C=O) groups excluding carboxylic acids is 2. The highest BCUT2D eigenvalue weighted by Crippen LogP contribution is 2.25. The van der Waals surface area contributed by atoms with E-state index in [-0.39, 0.29) is 23.7 Å². The van der Waals surface area contributed by atoms with E-state index in [0.717, 1.165) is 11.3 Å². The fourth-order valence-corrected chi connectivity index (χ4v) is 2.90. The Labute approximate surface area is 166 Å². The van der Waals surface area contributed by atoms with E-state index in [4.69, 9.17) is 11.6 Å². The fraction of sp³-hybridized carbons (Fsp3) is 0.364. The van der Waals surface area contributed by atoms with E-state index >= 15 is 0 Å². The van der Waals surface area contributed by atoms with Gasteiger partial charge in [0.2, 0.25) is 11.8 Å². The molecule has 0 heterocycles. The average molecular weight is 387 g/mol. The number of nitrogens with zero attached hydrogens (tertiary/aromatic N) is 1. The molecule has 0 saturated carbocycles. The standard InChI is InChI=1S/C22H27ClN2O2/c1-15-6-9-18(14-20(15)23)24-21(27)12-13-25(16(2)26)19-10-7-17(8-11-19)22(3,4)5/h6-11,14H,12-13H2,1-5H3,(H,24,27). The molecule has 0 atom stereocenters. The highest BCUT2D eigenvalue weighted by atomic mass is 35.5. The summed E-state index contributed by atoms with van der Waals surface area (Å²) in [6.45, 7) is 10.2. The number of halogens is 1. The molecule has 4 nitrogen and oxygen atoms in total. The molecule has 27 heavy (non-hydrogen) atoms. The van der Waals surface area contributed by atoms with Crippen molar-refractivity contribution in [3.8, 4) is 0 Å². The second kappa shape index (κ2) is 8.57. The van der Waals surface area contributed by atoms with Gasteiger partial charge in [-0.15, -0.1) is 0 Å². The molecule has 2 aromatic rings. The van der Waals surface area contributed by atoms with Gasteiger partial charge in [0.15, 0.2) is 0 Å². The van der Waals surface area contributed by atoms with Crippen molar-refractivity contribution in [2.24, 2.45) is 0 Å². The van der Waals surface area contributed by atoms with Crippen LogP contribution in [0.3, 0.4) is 0 Å². The minimum atomic E-state index is -0.160. The van der Waals surface area contributed by atoms with Gasteiger partial charge >= 0.3 is 0 Å². The van der Waals surface area contributed by atoms with Gasteiger partial charge in [0.05, 0.1) is 0 Å². The van der Waals surface area contributed by atoms with E-state index < -0.39 is 0 Å². The molecular formula is C22H27ClN2O2. The fourth-order valence-electron chi connectivity index (χ4n) is 2.72. The van der Waals surface area contributed by atoms with E-state index in [0.29, 0.717) is 17.3 Å². The maximum atomic E-state index is 12.3. The van der Waals surface area contributed by atoms with Crippen molar-refractivity contribution in [3.63, 3.8) is 0 Å². The van der Waals surface area contributed by atoms with E-state index in [9.17, 15) is 9.59 Å². The molecule has 0 unspecified atom stereocenters. The van der Waals surface area contributed by atoms with Crippen LogP contribution in [0.15, 0.2) is 42.5 Å². The molecule has 144 valence electrons. The Hall–Kier alpha value is -2.33. The number of rotatable bonds is 5. The predicted molar refractivity (Wildman–Crippen MR) is 113 cm³/mol. The van der Waals surface area contributed by atoms with Gasteiger partial charge in [0.25, 0.3) is 0 Å². The summed E-state index contributed by atoms with van der Waals surface area (Å²) in [5.41, 5.74) is 3.65. The van der Waals surface area contributed by atoms with Gasteiger partial charge in [-0.05, 0) is 47.7 Å². The van der Waals surface area contributed by atoms with Crippen LogP contribution in [-0.2, 0) is 15.0 Å². The molecule has 2 aromatic carbocycles. The Bertz CT molecular complexity index is 823. The van der Waals surface area contributed by atoms with Gasteiger partial charge in [-0.3, -0.25) is 9.59 Å². The van der Waals surface area contributed by atoms with Crippen LogP contribution in [0.4, 0.5) is 11.4 Å². The van der Waals surface area contributed by atoms with Crippen LogP contribution in [0.1, 0.15) is 45.2 Å². The van der Waals surface area contributed by atoms with Crippen molar-refractivity contribution in [2.75, 3.05) is 16.8 Å². The van der Waals surface area contributed by atoms with Crippen LogP contribution in [-0.4, -0.2) is 18.4 Å². The summed E-state index contributed by atoms with van der Waals surface area (Å²) in [7, 11) is 0. The number of aryl methyl sites for hydroxylation is 1. The predicted octanol–water partition coefficient (Wildman–Crippen LogP) is 5.33. The number of anilines is 2. The third-order valence-electron chi connectivity index (χ3n) is 4.44. The molecule has 0 saturated heterocycles. The summed E-state index contributed by atoms with van der Waals surface area (Å²) in [5, 5.41) is 3.43. The SMILES string of the molecule is CC(=O)N(CCC(=O)Nc1ccc(C)c(Cl)c1)c1ccc(C(C)(C)C)cc1. The van der Waals surface area contributed by atoms with Gasteiger partial charge in [0, 0.05) is 36.3 Å². The zero-order chi connectivity index (χ0) is 20.2. The first-order chi connectivity index (χ1) is 12.6. The van der Waals surface area contributed by atoms with Crippen molar-refractivity contribution in [2.45, 2.75) is 46.5 Å². The molecule has 0 aliphatic rings. The van der Waals surface area contributed by atoms with Crippen molar-refractivity contribution < 1.29 is 9.59 Å². The summed E-state index contributed by atoms with van der Waals surface area (Å²) < 4.78 is 0. The minimum Gasteiger partial charge on any atom is -0.326 e. The monoisotopic (exact) mass is 386 g/mol. The molecule has 2 amide bonds. The Morgan fingerprint density at radius 2 is 1.70 bits per heavy atom. The molecule has 1 N–H and O–H groups in total. The van der Waals surface area contributed by atoms with Crippen LogP contribution in [0.5, 0.6) is 0 Å². The third kappa shape index (κ3) is 5.83. The number of nitrogens with one attached hydrogen (secondary N) is 1. The van der Waals surface area contributed by atoms with Crippen molar-refractivity contribution in [1.82, 2.24) is 0 Å². The number of hydrogen-bond donors (Lipinski definition) is 1. The van der Waals surface area contributed by atoms with Gasteiger partial charge in [-0.1, -0.05) is 50.6 Å². The van der Waals surface area contributed by atoms with Crippen LogP contribution >= 0.6 is 11.6 Å². The quantitative estimate of drug-likeness (QED) is 0.755. The Morgan fingerprint density at radius 3 is 2.22 bits per heavy atom. The summed E-state index contributed by atoms with van der Waals surface area (Å²) in [6, 6.07) is 13.3. The van der Waals surface area contributed by atoms with Crippen LogP contribution in [0, 0.1) is 6.92 Å². The number of hydrogen-bond acceptors (Lipinski definition) is 2. The number of amides is 2. The second-order valence-electron chi connectivity index (χ2n) is 7.73. The summed E-state index contributed by atoms with van der Waals surface area (Å²) in [6.07, 6.45) is 0.200. The minimum absolute atomic E-state index is 0.0504. The maximum absolute atomic E-state index is 12.3. The first-order valence-corrected chi connectivity index (χ1v) is 9.40. The Balaban J connectivity index is 2.02. The van der Waals surface area contributed by atoms with E-state index in [1.807, 2.05) is 43.3 Å². The first kappa shape index (κ1) is 21.0. The zero-order valence-electron chi connectivity index (χ0n) is 16.6. The molecule has 0 aliphatic carbocycles. The van der Waals surface area contributed by atoms with Crippen molar-refractivity contribution in [3.05, 3.63) is 58.6 Å². The Morgan fingerprint density at radius 1 is 1.07 bits per heavy atom. The zero-order valence-corrected chi connectivity index (χ0v) is 17.4. The van der Waals surface area contributed by atoms with Crippen LogP contribution in [0.25, 0.3) is 0 Å². The molecule has 0 aromatic heterocycles. The Kier molecular flexibility index (Phi) is 6.66. The molecule has 0 aliphatic heterocycles. The first-order valence-electron chi connectivity index (χ1n) is 9.02. The molecule has 5 heteroatoms. The summed E-state index contributed by atoms with van der Waals surface area (Å²) in [5.74, 6) is -0.253. The van der Waals surface area contributed by atoms with Crippen molar-refractivity contribution >= 4 is 34.8 Å². The van der Waals surface area contributed by atoms with Gasteiger partial charge in [-0.2, -0.15) is 0 Å². The summed E-state index contributed by atoms with van der Waals surface area (Å²) in [4.78, 5) is 25.9. The molecular weight excluding hydrogens is 360 g/mol. The van der Waals surface area contributed by atoms with Gasteiger partial charge in [0.1, 0.15) is 0 Å². The molecule has 0 fully saturated rings. The normalized spacial score (nSPS) is 11.2. The van der Waals surface area contributed by atoms with E-state index in [1.54, 1.807) is 11.0 Å². The molecule has 0 radical (unpaired) electrons.